The Balaban J connectivity index is 0.000000639. The number of carbonyl (C=O) groups excluding carboxylic acids is 2. The number of aliphatic hydroxyl groups is 1. The van der Waals surface area contributed by atoms with E-state index in [1.165, 1.54) is 72.5 Å². The largest absolute Gasteiger partial charge is 0.397 e. The molecule has 1 unspecified atom stereocenters. The molecule has 2 saturated heterocycles. The van der Waals surface area contributed by atoms with Crippen LogP contribution in [-0.4, -0.2) is 62.5 Å². The lowest BCUT2D eigenvalue weighted by Gasteiger charge is -2.50. The van der Waals surface area contributed by atoms with Crippen molar-refractivity contribution >= 4 is 51.8 Å². The number of hydrogen-bond acceptors (Lipinski definition) is 3. The summed E-state index contributed by atoms with van der Waals surface area (Å²) in [6.07, 6.45) is 5.61. The Bertz CT molecular complexity index is 2480. The van der Waals surface area contributed by atoms with E-state index >= 15 is 0 Å². The van der Waals surface area contributed by atoms with Crippen molar-refractivity contribution in [3.05, 3.63) is 112 Å². The number of carbonyl (C=O) groups is 2. The van der Waals surface area contributed by atoms with Gasteiger partial charge in [0.1, 0.15) is 11.6 Å². The van der Waals surface area contributed by atoms with Gasteiger partial charge >= 0.3 is 7.56 Å². The number of nitrogens with zero attached hydrogens (tertiary/aromatic N) is 2. The summed E-state index contributed by atoms with van der Waals surface area (Å²) in [5.41, 5.74) is 21.9. The number of benzene rings is 4. The van der Waals surface area contributed by atoms with Crippen LogP contribution in [0.5, 0.6) is 0 Å². The van der Waals surface area contributed by atoms with Crippen LogP contribution in [0, 0.1) is 0 Å². The van der Waals surface area contributed by atoms with Gasteiger partial charge in [-0.1, -0.05) is 234 Å². The monoisotopic (exact) mass is 1110 g/mol. The predicted molar refractivity (Wildman–Crippen MR) is 338 cm³/mol. The molecule has 2 aliphatic rings. The van der Waals surface area contributed by atoms with Gasteiger partial charge in [-0.25, -0.2) is 0 Å². The van der Waals surface area contributed by atoms with E-state index in [4.69, 9.17) is 19.8 Å². The van der Waals surface area contributed by atoms with Gasteiger partial charge in [-0.05, 0) is 142 Å². The fraction of sp³-hybridized carbons (Fsp3) is 0.597. The van der Waals surface area contributed by atoms with Crippen molar-refractivity contribution in [2.75, 3.05) is 6.61 Å². The average molecular weight is 1110 g/mol. The molecule has 2 fully saturated rings. The summed E-state index contributed by atoms with van der Waals surface area (Å²) >= 11 is 0. The molecule has 0 spiro atoms. The molecular formula is C67H103BF3N2O3P2. The lowest BCUT2D eigenvalue weighted by molar-refractivity contribution is -0.120. The molecule has 1 atom stereocenters. The normalized spacial score (nSPS) is 17.2. The number of Topliss-reactive ketones (excluding diaryl/α,β-unsaturated/α-hetero) is 2. The van der Waals surface area contributed by atoms with Crippen molar-refractivity contribution in [2.24, 2.45) is 0 Å². The molecule has 4 aromatic rings. The van der Waals surface area contributed by atoms with Crippen molar-refractivity contribution in [2.45, 2.75) is 254 Å². The minimum atomic E-state index is -0.555. The summed E-state index contributed by atoms with van der Waals surface area (Å²) in [5, 5.41) is 10.6. The molecule has 0 bridgehead atoms. The highest BCUT2D eigenvalue weighted by Gasteiger charge is 2.49. The van der Waals surface area contributed by atoms with Crippen molar-refractivity contribution < 1.29 is 32.9 Å². The van der Waals surface area contributed by atoms with Crippen LogP contribution in [-0.2, 0) is 9.59 Å². The van der Waals surface area contributed by atoms with Crippen LogP contribution in [0.25, 0.3) is 27.8 Å². The molecule has 5 nitrogen and oxygen atoms in total. The fourth-order valence-electron chi connectivity index (χ4n) is 11.6. The number of ketones is 2. The smallest absolute Gasteiger partial charge is 0.354 e. The highest BCUT2D eigenvalue weighted by atomic mass is 31.1. The molecule has 0 amide bonds. The SMILES string of the molecule is CC(C)c1cc(C(C)C)c(-c2ccccc2P2C(C)(C)CC(=O)CC2(C)C)c(C(C)C)c1.CC(C)c1cc(C(C)C)c(-c2ccccc2P2C(C)(C)CCC(=O)CC2(C)C)c(C(C)C)c1.CC=[N+]=[N-].CCO.CC[B]F.FF. The van der Waals surface area contributed by atoms with Gasteiger partial charge in [0, 0.05) is 48.4 Å². The zero-order chi connectivity index (χ0) is 60.3. The van der Waals surface area contributed by atoms with Crippen LogP contribution in [0.2, 0.25) is 6.32 Å². The van der Waals surface area contributed by atoms with Crippen LogP contribution in [0.1, 0.15) is 260 Å². The average Bonchev–Trinajstić information content (AvgIpc) is 3.43. The topological polar surface area (TPSA) is 90.8 Å². The quantitative estimate of drug-likeness (QED) is 0.0533. The minimum absolute atomic E-state index is 0.00185. The second-order valence-corrected chi connectivity index (χ2v) is 32.5. The maximum absolute atomic E-state index is 12.7. The third kappa shape index (κ3) is 19.5. The van der Waals surface area contributed by atoms with Crippen LogP contribution >= 0.6 is 15.8 Å². The Morgan fingerprint density at radius 2 is 0.833 bits per heavy atom. The molecule has 78 heavy (non-hydrogen) atoms. The first-order valence-electron chi connectivity index (χ1n) is 28.7. The molecule has 1 radical (unpaired) electrons. The van der Waals surface area contributed by atoms with Crippen molar-refractivity contribution in [1.82, 2.24) is 0 Å². The minimum Gasteiger partial charge on any atom is -0.397 e. The lowest BCUT2D eigenvalue weighted by Crippen LogP contribution is -2.43. The van der Waals surface area contributed by atoms with Crippen LogP contribution in [0.3, 0.4) is 0 Å². The molecule has 0 aromatic heterocycles. The molecule has 4 aromatic carbocycles. The number of rotatable bonds is 11. The summed E-state index contributed by atoms with van der Waals surface area (Å²) in [4.78, 5) is 28.0. The Morgan fingerprint density at radius 1 is 0.564 bits per heavy atom. The van der Waals surface area contributed by atoms with E-state index in [1.54, 1.807) is 20.8 Å². The van der Waals surface area contributed by atoms with Gasteiger partial charge in [0.25, 0.3) is 6.21 Å². The molecule has 2 aliphatic heterocycles. The van der Waals surface area contributed by atoms with Gasteiger partial charge in [-0.3, -0.25) is 9.59 Å². The Morgan fingerprint density at radius 3 is 1.09 bits per heavy atom. The summed E-state index contributed by atoms with van der Waals surface area (Å²) in [6, 6.07) is 28.1. The zero-order valence-electron chi connectivity index (χ0n) is 52.7. The first-order chi connectivity index (χ1) is 36.3. The summed E-state index contributed by atoms with van der Waals surface area (Å²) in [7, 11) is -0.459. The van der Waals surface area contributed by atoms with E-state index < -0.39 is 15.8 Å². The molecule has 2 heterocycles. The van der Waals surface area contributed by atoms with E-state index in [9.17, 15) is 13.9 Å². The van der Waals surface area contributed by atoms with Crippen LogP contribution in [0.15, 0.2) is 72.8 Å². The fourth-order valence-corrected chi connectivity index (χ4v) is 20.2. The van der Waals surface area contributed by atoms with E-state index in [0.717, 1.165) is 12.8 Å². The highest BCUT2D eigenvalue weighted by Crippen LogP contribution is 2.66. The third-order valence-corrected chi connectivity index (χ3v) is 22.0. The number of halogens is 3. The van der Waals surface area contributed by atoms with Gasteiger partial charge in [0.05, 0.1) is 0 Å². The number of hydrogen-bond donors (Lipinski definition) is 1. The molecule has 1 N–H and O–H groups in total. The van der Waals surface area contributed by atoms with E-state index in [-0.39, 0.29) is 27.2 Å². The second-order valence-electron chi connectivity index (χ2n) is 25.4. The van der Waals surface area contributed by atoms with Gasteiger partial charge < -0.3 is 15.0 Å². The maximum Gasteiger partial charge on any atom is 0.354 e. The van der Waals surface area contributed by atoms with E-state index in [1.807, 2.05) is 0 Å². The Labute approximate surface area is 476 Å². The van der Waals surface area contributed by atoms with Gasteiger partial charge in [-0.2, -0.15) is 4.79 Å². The summed E-state index contributed by atoms with van der Waals surface area (Å²) in [5.74, 6) is 3.70. The van der Waals surface area contributed by atoms with Crippen molar-refractivity contribution in [1.29, 1.82) is 0 Å². The van der Waals surface area contributed by atoms with Crippen LogP contribution < -0.4 is 10.6 Å². The van der Waals surface area contributed by atoms with Crippen molar-refractivity contribution in [3.8, 4) is 22.3 Å². The second kappa shape index (κ2) is 32.6. The molecule has 11 heteroatoms. The van der Waals surface area contributed by atoms with E-state index in [0.29, 0.717) is 80.2 Å². The van der Waals surface area contributed by atoms with Gasteiger partial charge in [0.2, 0.25) is 0 Å². The van der Waals surface area contributed by atoms with Gasteiger partial charge in [0.15, 0.2) is 0 Å². The zero-order valence-corrected chi connectivity index (χ0v) is 54.5. The number of aliphatic hydroxyl groups excluding tert-OH is 1. The molecule has 0 saturated carbocycles. The molecule has 6 rings (SSSR count). The van der Waals surface area contributed by atoms with E-state index in [2.05, 4.69) is 216 Å². The Hall–Kier alpha value is -3.73. The summed E-state index contributed by atoms with van der Waals surface area (Å²) < 4.78 is 26.6. The summed E-state index contributed by atoms with van der Waals surface area (Å²) in [6.45, 7) is 51.9. The predicted octanol–water partition coefficient (Wildman–Crippen LogP) is 20.1. The first-order valence-corrected chi connectivity index (χ1v) is 31.4. The molecule has 0 aliphatic carbocycles. The molecular weight excluding hydrogens is 1010 g/mol. The van der Waals surface area contributed by atoms with Crippen LogP contribution in [0.4, 0.5) is 13.5 Å². The van der Waals surface area contributed by atoms with Gasteiger partial charge in [-0.15, -0.1) is 0 Å². The Kier molecular flexibility index (Phi) is 30.3. The highest BCUT2D eigenvalue weighted by molar-refractivity contribution is 7.69. The standard InChI is InChI=1S/C31H45OP.C30H43OP.C2H5BF.C2H4N2.C2H6O.F2/c1-20(2)23-17-26(21(3)4)29(27(18-23)22(5)6)25-13-11-12-14-28(25)33-30(7,8)16-15-24(32)19-31(33,9)10;1-19(2)22-15-25(20(3)4)28(26(16-22)21(5)6)24-13-11-12-14-27(24)32-29(7,8)17-23(31)18-30(32,9)10;1-2-3-4;1-2-4-3;1-2-3;1-2/h11-14,17-18,20-22H,15-16,19H2,1-10H3;11-16,19-21H,17-18H2,1-10H3;2H2,1H3;2H,1H3;3H,2H2,1H3;. The maximum atomic E-state index is 12.7. The molecule has 433 valence electrons. The first kappa shape index (κ1) is 72.3. The van der Waals surface area contributed by atoms with Crippen molar-refractivity contribution in [3.63, 3.8) is 0 Å². The lowest BCUT2D eigenvalue weighted by atomic mass is 9.82. The third-order valence-electron chi connectivity index (χ3n) is 14.7.